The molecule has 0 aliphatic carbocycles. The molecule has 29 heavy (non-hydrogen) atoms. The Morgan fingerprint density at radius 1 is 1.07 bits per heavy atom. The number of piperidine rings is 1. The summed E-state index contributed by atoms with van der Waals surface area (Å²) in [5.41, 5.74) is 1.39. The van der Waals surface area contributed by atoms with Crippen LogP contribution in [0.1, 0.15) is 18.4 Å². The van der Waals surface area contributed by atoms with Crippen LogP contribution in [0.4, 0.5) is 5.69 Å². The van der Waals surface area contributed by atoms with Gasteiger partial charge < -0.3 is 14.8 Å². The van der Waals surface area contributed by atoms with Crippen LogP contribution in [-0.4, -0.2) is 38.5 Å². The molecule has 154 valence electrons. The summed E-state index contributed by atoms with van der Waals surface area (Å²) >= 11 is 3.35. The molecule has 2 aromatic rings. The van der Waals surface area contributed by atoms with Crippen LogP contribution in [0.2, 0.25) is 0 Å². The Morgan fingerprint density at radius 2 is 1.76 bits per heavy atom. The third-order valence-corrected chi connectivity index (χ3v) is 7.50. The fraction of sp³-hybridized carbons (Fsp3) is 0.350. The molecule has 0 radical (unpaired) electrons. The molecule has 2 aromatic carbocycles. The van der Waals surface area contributed by atoms with E-state index in [0.29, 0.717) is 43.1 Å². The molecule has 0 spiro atoms. The van der Waals surface area contributed by atoms with Crippen molar-refractivity contribution in [2.24, 2.45) is 5.92 Å². The minimum absolute atomic E-state index is 0.0334. The van der Waals surface area contributed by atoms with Crippen LogP contribution in [0.5, 0.6) is 11.5 Å². The third-order valence-electron chi connectivity index (χ3n) is 5.12. The van der Waals surface area contributed by atoms with E-state index in [0.717, 1.165) is 10.0 Å². The van der Waals surface area contributed by atoms with Gasteiger partial charge >= 0.3 is 0 Å². The summed E-state index contributed by atoms with van der Waals surface area (Å²) in [4.78, 5) is 12.6. The van der Waals surface area contributed by atoms with Crippen LogP contribution < -0.4 is 14.8 Å². The average Bonchev–Trinajstić information content (AvgIpc) is 3.17. The smallest absolute Gasteiger partial charge is 0.231 e. The van der Waals surface area contributed by atoms with Crippen molar-refractivity contribution in [2.45, 2.75) is 18.6 Å². The second-order valence-electron chi connectivity index (χ2n) is 7.11. The van der Waals surface area contributed by atoms with Crippen LogP contribution in [-0.2, 0) is 20.6 Å². The van der Waals surface area contributed by atoms with Crippen LogP contribution in [0.3, 0.4) is 0 Å². The van der Waals surface area contributed by atoms with E-state index in [1.807, 2.05) is 12.1 Å². The van der Waals surface area contributed by atoms with E-state index in [1.165, 1.54) is 4.31 Å². The summed E-state index contributed by atoms with van der Waals surface area (Å²) in [6.07, 6.45) is 0.992. The molecule has 0 atom stereocenters. The highest BCUT2D eigenvalue weighted by molar-refractivity contribution is 9.10. The number of anilines is 1. The minimum Gasteiger partial charge on any atom is -0.454 e. The molecule has 2 aliphatic heterocycles. The number of hydrogen-bond acceptors (Lipinski definition) is 5. The van der Waals surface area contributed by atoms with Gasteiger partial charge in [0.2, 0.25) is 22.7 Å². The topological polar surface area (TPSA) is 84.9 Å². The Labute approximate surface area is 178 Å². The summed E-state index contributed by atoms with van der Waals surface area (Å²) in [6, 6.07) is 12.5. The number of carbonyl (C=O) groups excluding carboxylic acids is 1. The van der Waals surface area contributed by atoms with Crippen molar-refractivity contribution < 1.29 is 22.7 Å². The zero-order valence-electron chi connectivity index (χ0n) is 15.6. The number of hydrogen-bond donors (Lipinski definition) is 1. The number of rotatable bonds is 5. The largest absolute Gasteiger partial charge is 0.454 e. The van der Waals surface area contributed by atoms with Crippen molar-refractivity contribution >= 4 is 37.5 Å². The lowest BCUT2D eigenvalue weighted by atomic mass is 9.97. The number of carbonyl (C=O) groups is 1. The van der Waals surface area contributed by atoms with Crippen molar-refractivity contribution in [3.05, 3.63) is 52.5 Å². The molecule has 9 heteroatoms. The van der Waals surface area contributed by atoms with Gasteiger partial charge in [-0.2, -0.15) is 0 Å². The van der Waals surface area contributed by atoms with Crippen LogP contribution >= 0.6 is 15.9 Å². The highest BCUT2D eigenvalue weighted by atomic mass is 79.9. The van der Waals surface area contributed by atoms with E-state index < -0.39 is 10.0 Å². The Hall–Kier alpha value is -2.10. The quantitative estimate of drug-likeness (QED) is 0.708. The average molecular weight is 481 g/mol. The first-order chi connectivity index (χ1) is 13.9. The summed E-state index contributed by atoms with van der Waals surface area (Å²) in [5, 5.41) is 2.89. The van der Waals surface area contributed by atoms with E-state index in [1.54, 1.807) is 30.3 Å². The first-order valence-corrected chi connectivity index (χ1v) is 11.7. The molecule has 1 N–H and O–H groups in total. The van der Waals surface area contributed by atoms with Gasteiger partial charge in [-0.15, -0.1) is 0 Å². The van der Waals surface area contributed by atoms with Crippen LogP contribution in [0.25, 0.3) is 0 Å². The second-order valence-corrected chi connectivity index (χ2v) is 10.00. The first kappa shape index (κ1) is 20.2. The SMILES string of the molecule is O=C(Nc1ccc2c(c1)OCO2)C1CCN(S(=O)(=O)Cc2ccc(Br)cc2)CC1. The zero-order chi connectivity index (χ0) is 20.4. The molecule has 4 rings (SSSR count). The van der Waals surface area contributed by atoms with Crippen molar-refractivity contribution in [2.75, 3.05) is 25.2 Å². The van der Waals surface area contributed by atoms with Gasteiger partial charge in [-0.25, -0.2) is 12.7 Å². The maximum atomic E-state index is 12.7. The zero-order valence-corrected chi connectivity index (χ0v) is 18.0. The maximum Gasteiger partial charge on any atom is 0.231 e. The molecule has 2 aliphatic rings. The van der Waals surface area contributed by atoms with Gasteiger partial charge in [0.15, 0.2) is 11.5 Å². The van der Waals surface area contributed by atoms with E-state index in [2.05, 4.69) is 21.2 Å². The number of fused-ring (bicyclic) bond motifs is 1. The monoisotopic (exact) mass is 480 g/mol. The number of sulfonamides is 1. The van der Waals surface area contributed by atoms with E-state index in [4.69, 9.17) is 9.47 Å². The summed E-state index contributed by atoms with van der Waals surface area (Å²) in [5.74, 6) is 0.909. The number of benzene rings is 2. The van der Waals surface area contributed by atoms with Gasteiger partial charge in [0.25, 0.3) is 0 Å². The van der Waals surface area contributed by atoms with Gasteiger partial charge in [-0.1, -0.05) is 28.1 Å². The lowest BCUT2D eigenvalue weighted by Gasteiger charge is -2.30. The van der Waals surface area contributed by atoms with Gasteiger partial charge in [0.1, 0.15) is 0 Å². The van der Waals surface area contributed by atoms with E-state index >= 15 is 0 Å². The Kier molecular flexibility index (Phi) is 5.80. The maximum absolute atomic E-state index is 12.7. The van der Waals surface area contributed by atoms with Crippen molar-refractivity contribution in [1.82, 2.24) is 4.31 Å². The molecule has 0 unspecified atom stereocenters. The highest BCUT2D eigenvalue weighted by Crippen LogP contribution is 2.34. The molecule has 1 amide bonds. The number of halogens is 1. The Morgan fingerprint density at radius 3 is 2.48 bits per heavy atom. The molecule has 1 fully saturated rings. The summed E-state index contributed by atoms with van der Waals surface area (Å²) < 4.78 is 38.4. The number of amides is 1. The van der Waals surface area contributed by atoms with Gasteiger partial charge in [-0.05, 0) is 42.7 Å². The number of nitrogens with zero attached hydrogens (tertiary/aromatic N) is 1. The fourth-order valence-electron chi connectivity index (χ4n) is 3.50. The predicted octanol–water partition coefficient (Wildman–Crippen LogP) is 3.36. The van der Waals surface area contributed by atoms with Crippen molar-refractivity contribution in [1.29, 1.82) is 0 Å². The standard InChI is InChI=1S/C20H21BrN2O5S/c21-16-3-1-14(2-4-16)12-29(25,26)23-9-7-15(8-10-23)20(24)22-17-5-6-18-19(11-17)28-13-27-18/h1-6,11,15H,7-10,12-13H2,(H,22,24). The van der Waals surface area contributed by atoms with Crippen LogP contribution in [0, 0.1) is 5.92 Å². The highest BCUT2D eigenvalue weighted by Gasteiger charge is 2.31. The van der Waals surface area contributed by atoms with E-state index in [9.17, 15) is 13.2 Å². The van der Waals surface area contributed by atoms with Crippen molar-refractivity contribution in [3.63, 3.8) is 0 Å². The van der Waals surface area contributed by atoms with Gasteiger partial charge in [0, 0.05) is 35.2 Å². The predicted molar refractivity (Wildman–Crippen MR) is 112 cm³/mol. The molecular weight excluding hydrogens is 460 g/mol. The fourth-order valence-corrected chi connectivity index (χ4v) is 5.33. The van der Waals surface area contributed by atoms with Crippen LogP contribution in [0.15, 0.2) is 46.9 Å². The molecule has 1 saturated heterocycles. The Bertz CT molecular complexity index is 1000. The number of nitrogens with one attached hydrogen (secondary N) is 1. The molecule has 0 saturated carbocycles. The van der Waals surface area contributed by atoms with E-state index in [-0.39, 0.29) is 24.4 Å². The molecule has 7 nitrogen and oxygen atoms in total. The third kappa shape index (κ3) is 4.73. The van der Waals surface area contributed by atoms with Gasteiger partial charge in [0.05, 0.1) is 5.75 Å². The molecule has 2 heterocycles. The lowest BCUT2D eigenvalue weighted by Crippen LogP contribution is -2.41. The normalized spacial score (nSPS) is 17.3. The molecular formula is C20H21BrN2O5S. The summed E-state index contributed by atoms with van der Waals surface area (Å²) in [6.45, 7) is 0.871. The summed E-state index contributed by atoms with van der Waals surface area (Å²) in [7, 11) is -3.41. The minimum atomic E-state index is -3.41. The number of ether oxygens (including phenoxy) is 2. The first-order valence-electron chi connectivity index (χ1n) is 9.33. The van der Waals surface area contributed by atoms with Gasteiger partial charge in [-0.3, -0.25) is 4.79 Å². The molecule has 0 bridgehead atoms. The molecule has 0 aromatic heterocycles. The van der Waals surface area contributed by atoms with Crippen molar-refractivity contribution in [3.8, 4) is 11.5 Å². The second kappa shape index (κ2) is 8.33. The Balaban J connectivity index is 1.32. The lowest BCUT2D eigenvalue weighted by molar-refractivity contribution is -0.120.